The second-order valence-corrected chi connectivity index (χ2v) is 10.6. The lowest BCUT2D eigenvalue weighted by atomic mass is 10.2. The number of halogens is 4. The van der Waals surface area contributed by atoms with Gasteiger partial charge in [0.05, 0.1) is 22.6 Å². The van der Waals surface area contributed by atoms with Gasteiger partial charge in [0.25, 0.3) is 5.69 Å². The Morgan fingerprint density at radius 2 is 1.79 bits per heavy atom. The fraction of sp³-hybridized carbons (Fsp3) is 0.0435. The van der Waals surface area contributed by atoms with Crippen LogP contribution >= 0.6 is 72.7 Å². The van der Waals surface area contributed by atoms with Crippen molar-refractivity contribution < 1.29 is 19.2 Å². The van der Waals surface area contributed by atoms with E-state index in [0.717, 1.165) is 28.5 Å². The second kappa shape index (κ2) is 10.7. The molecule has 1 aliphatic rings. The Morgan fingerprint density at radius 1 is 1.12 bits per heavy atom. The van der Waals surface area contributed by atoms with Gasteiger partial charge in [-0.3, -0.25) is 10.1 Å². The number of nitro groups is 1. The van der Waals surface area contributed by atoms with Crippen LogP contribution in [0, 0.1) is 17.3 Å². The van der Waals surface area contributed by atoms with Crippen molar-refractivity contribution in [1.29, 1.82) is 0 Å². The van der Waals surface area contributed by atoms with E-state index in [-0.39, 0.29) is 22.3 Å². The molecule has 172 valence electrons. The molecule has 0 amide bonds. The predicted octanol–water partition coefficient (Wildman–Crippen LogP) is 7.14. The molecule has 0 aliphatic carbocycles. The van der Waals surface area contributed by atoms with Crippen molar-refractivity contribution in [2.75, 3.05) is 0 Å². The first-order chi connectivity index (χ1) is 16.2. The Kier molecular flexibility index (Phi) is 7.90. The minimum absolute atomic E-state index is 0.00464. The Labute approximate surface area is 234 Å². The maximum atomic E-state index is 12.4. The van der Waals surface area contributed by atoms with E-state index < -0.39 is 10.9 Å². The van der Waals surface area contributed by atoms with E-state index in [9.17, 15) is 14.9 Å². The smallest absolute Gasteiger partial charge is 0.363 e. The van der Waals surface area contributed by atoms with Gasteiger partial charge in [-0.25, -0.2) is 9.79 Å². The number of nitro benzene ring substituents is 1. The van der Waals surface area contributed by atoms with Crippen LogP contribution in [0.3, 0.4) is 0 Å². The topological polar surface area (TPSA) is 91.0 Å². The fourth-order valence-corrected chi connectivity index (χ4v) is 5.66. The number of ether oxygens (including phenoxy) is 2. The number of rotatable bonds is 6. The molecule has 0 aromatic heterocycles. The molecular weight excluding hydrogens is 753 g/mol. The lowest BCUT2D eigenvalue weighted by Gasteiger charge is -2.11. The summed E-state index contributed by atoms with van der Waals surface area (Å²) in [5.41, 5.74) is 2.02. The molecule has 0 saturated carbocycles. The van der Waals surface area contributed by atoms with Gasteiger partial charge in [0.2, 0.25) is 5.90 Å². The van der Waals surface area contributed by atoms with Gasteiger partial charge in [0.1, 0.15) is 12.4 Å². The van der Waals surface area contributed by atoms with Crippen LogP contribution in [0.4, 0.5) is 5.69 Å². The van der Waals surface area contributed by atoms with E-state index >= 15 is 0 Å². The highest BCUT2D eigenvalue weighted by molar-refractivity contribution is 14.1. The van der Waals surface area contributed by atoms with E-state index in [0.29, 0.717) is 12.2 Å². The normalized spacial score (nSPS) is 14.2. The molecule has 0 spiro atoms. The highest BCUT2D eigenvalue weighted by atomic mass is 127. The highest BCUT2D eigenvalue weighted by Crippen LogP contribution is 2.32. The summed E-state index contributed by atoms with van der Waals surface area (Å²) in [7, 11) is 0. The Balaban J connectivity index is 1.56. The number of aliphatic imine (C=N–C) groups is 1. The maximum Gasteiger partial charge on any atom is 0.363 e. The maximum absolute atomic E-state index is 12.4. The van der Waals surface area contributed by atoms with Gasteiger partial charge in [-0.15, -0.1) is 0 Å². The molecule has 34 heavy (non-hydrogen) atoms. The van der Waals surface area contributed by atoms with Gasteiger partial charge >= 0.3 is 5.97 Å². The van der Waals surface area contributed by atoms with Gasteiger partial charge < -0.3 is 9.47 Å². The fourth-order valence-electron chi connectivity index (χ4n) is 3.01. The molecule has 0 N–H and O–H groups in total. The van der Waals surface area contributed by atoms with E-state index in [1.165, 1.54) is 18.2 Å². The van der Waals surface area contributed by atoms with E-state index in [1.54, 1.807) is 6.08 Å². The van der Waals surface area contributed by atoms with Crippen molar-refractivity contribution in [3.05, 3.63) is 104 Å². The van der Waals surface area contributed by atoms with Crippen molar-refractivity contribution in [2.45, 2.75) is 6.61 Å². The third-order valence-corrected chi connectivity index (χ3v) is 7.08. The Bertz CT molecular complexity index is 1350. The largest absolute Gasteiger partial charge is 0.487 e. The summed E-state index contributed by atoms with van der Waals surface area (Å²) in [5, 5.41) is 11.0. The van der Waals surface area contributed by atoms with Crippen LogP contribution < -0.4 is 4.74 Å². The third kappa shape index (κ3) is 5.78. The summed E-state index contributed by atoms with van der Waals surface area (Å²) in [4.78, 5) is 27.0. The summed E-state index contributed by atoms with van der Waals surface area (Å²) in [6, 6.07) is 15.5. The molecule has 3 aromatic carbocycles. The molecule has 0 unspecified atom stereocenters. The number of hydrogen-bond donors (Lipinski definition) is 0. The molecule has 0 saturated heterocycles. The SMILES string of the molecule is O=C1OC(c2ccc([N+](=O)[O-])cc2Cl)=N/C1=C\c1cc(I)c(OCc2ccc(Br)cc2)c(I)c1. The first-order valence-electron chi connectivity index (χ1n) is 9.54. The summed E-state index contributed by atoms with van der Waals surface area (Å²) in [5.74, 6) is 0.113. The summed E-state index contributed by atoms with van der Waals surface area (Å²) >= 11 is 13.9. The average Bonchev–Trinajstić information content (AvgIpc) is 3.14. The minimum Gasteiger partial charge on any atom is -0.487 e. The predicted molar refractivity (Wildman–Crippen MR) is 149 cm³/mol. The summed E-state index contributed by atoms with van der Waals surface area (Å²) in [6.45, 7) is 0.426. The molecule has 0 radical (unpaired) electrons. The molecule has 1 heterocycles. The molecule has 4 rings (SSSR count). The van der Waals surface area contributed by atoms with Crippen LogP contribution in [-0.4, -0.2) is 16.8 Å². The van der Waals surface area contributed by atoms with Crippen molar-refractivity contribution in [3.63, 3.8) is 0 Å². The summed E-state index contributed by atoms with van der Waals surface area (Å²) in [6.07, 6.45) is 1.61. The molecule has 3 aromatic rings. The van der Waals surface area contributed by atoms with Crippen LogP contribution in [0.2, 0.25) is 5.02 Å². The number of esters is 1. The standard InChI is InChI=1S/C23H12BrClI2N2O5/c24-14-3-1-12(2-4-14)11-33-21-18(26)7-13(8-19(21)27)9-20-23(30)34-22(28-20)16-6-5-15(29(31)32)10-17(16)25/h1-10H,11H2/b20-9-. The monoisotopic (exact) mass is 764 g/mol. The highest BCUT2D eigenvalue weighted by Gasteiger charge is 2.26. The van der Waals surface area contributed by atoms with Crippen LogP contribution in [0.5, 0.6) is 5.75 Å². The zero-order valence-electron chi connectivity index (χ0n) is 16.9. The summed E-state index contributed by atoms with van der Waals surface area (Å²) < 4.78 is 14.0. The first-order valence-corrected chi connectivity index (χ1v) is 12.9. The third-order valence-electron chi connectivity index (χ3n) is 4.63. The van der Waals surface area contributed by atoms with Crippen LogP contribution in [0.15, 0.2) is 69.8 Å². The average molecular weight is 766 g/mol. The zero-order valence-corrected chi connectivity index (χ0v) is 23.6. The van der Waals surface area contributed by atoms with Crippen molar-refractivity contribution in [1.82, 2.24) is 0 Å². The van der Waals surface area contributed by atoms with Crippen LogP contribution in [-0.2, 0) is 16.1 Å². The zero-order chi connectivity index (χ0) is 24.4. The van der Waals surface area contributed by atoms with Crippen LogP contribution in [0.25, 0.3) is 6.08 Å². The van der Waals surface area contributed by atoms with Gasteiger partial charge in [-0.2, -0.15) is 0 Å². The Morgan fingerprint density at radius 3 is 2.41 bits per heavy atom. The number of carbonyl (C=O) groups excluding carboxylic acids is 1. The van der Waals surface area contributed by atoms with E-state index in [1.807, 2.05) is 36.4 Å². The number of non-ortho nitro benzene ring substituents is 1. The Hall–Kier alpha value is -2.03. The first kappa shape index (κ1) is 25.1. The molecule has 11 heteroatoms. The van der Waals surface area contributed by atoms with Crippen molar-refractivity contribution in [2.24, 2.45) is 4.99 Å². The van der Waals surface area contributed by atoms with Gasteiger partial charge in [-0.1, -0.05) is 39.7 Å². The number of benzene rings is 3. The molecule has 0 atom stereocenters. The van der Waals surface area contributed by atoms with E-state index in [2.05, 4.69) is 66.1 Å². The second-order valence-electron chi connectivity index (χ2n) is 6.99. The number of nitrogens with zero attached hydrogens (tertiary/aromatic N) is 2. The van der Waals surface area contributed by atoms with Gasteiger partial charge in [-0.05, 0) is 92.7 Å². The van der Waals surface area contributed by atoms with Crippen LogP contribution in [0.1, 0.15) is 16.7 Å². The van der Waals surface area contributed by atoms with E-state index in [4.69, 9.17) is 21.1 Å². The van der Waals surface area contributed by atoms with Crippen molar-refractivity contribution >= 4 is 96.3 Å². The van der Waals surface area contributed by atoms with Gasteiger partial charge in [0, 0.05) is 16.6 Å². The lowest BCUT2D eigenvalue weighted by molar-refractivity contribution is -0.384. The molecule has 0 bridgehead atoms. The molecular formula is C23H12BrClI2N2O5. The number of hydrogen-bond acceptors (Lipinski definition) is 6. The number of cyclic esters (lactones) is 1. The molecule has 1 aliphatic heterocycles. The quantitative estimate of drug-likeness (QED) is 0.0876. The minimum atomic E-state index is -0.634. The van der Waals surface area contributed by atoms with Gasteiger partial charge in [0.15, 0.2) is 5.70 Å². The molecule has 7 nitrogen and oxygen atoms in total. The number of carbonyl (C=O) groups is 1. The van der Waals surface area contributed by atoms with Crippen molar-refractivity contribution in [3.8, 4) is 5.75 Å². The lowest BCUT2D eigenvalue weighted by Crippen LogP contribution is -2.06. The molecule has 0 fully saturated rings.